The van der Waals surface area contributed by atoms with Gasteiger partial charge in [-0.1, -0.05) is 24.4 Å². The Morgan fingerprint density at radius 1 is 1.21 bits per heavy atom. The second-order valence-corrected chi connectivity index (χ2v) is 6.87. The van der Waals surface area contributed by atoms with Crippen LogP contribution in [0, 0.1) is 18.8 Å². The van der Waals surface area contributed by atoms with Gasteiger partial charge in [-0.2, -0.15) is 0 Å². The maximum Gasteiger partial charge on any atom is 0.312 e. The van der Waals surface area contributed by atoms with Crippen molar-refractivity contribution in [3.05, 3.63) is 28.8 Å². The molecule has 24 heavy (non-hydrogen) atoms. The summed E-state index contributed by atoms with van der Waals surface area (Å²) in [5.41, 5.74) is 0.816. The van der Waals surface area contributed by atoms with E-state index >= 15 is 0 Å². The second kappa shape index (κ2) is 6.93. The fourth-order valence-electron chi connectivity index (χ4n) is 3.52. The van der Waals surface area contributed by atoms with Gasteiger partial charge in [0.25, 0.3) is 0 Å². The predicted molar refractivity (Wildman–Crippen MR) is 88.6 cm³/mol. The first-order chi connectivity index (χ1) is 11.5. The summed E-state index contributed by atoms with van der Waals surface area (Å²) < 4.78 is 5.25. The minimum Gasteiger partial charge on any atom is -0.426 e. The third kappa shape index (κ3) is 3.31. The minimum absolute atomic E-state index is 0.00139. The molecule has 3 rings (SSSR count). The van der Waals surface area contributed by atoms with Crippen molar-refractivity contribution in [2.75, 3.05) is 6.54 Å². The predicted octanol–water partition coefficient (Wildman–Crippen LogP) is 3.12. The van der Waals surface area contributed by atoms with Gasteiger partial charge in [-0.15, -0.1) is 0 Å². The monoisotopic (exact) mass is 349 g/mol. The van der Waals surface area contributed by atoms with Crippen LogP contribution >= 0.6 is 11.6 Å². The Morgan fingerprint density at radius 2 is 1.83 bits per heavy atom. The van der Waals surface area contributed by atoms with Crippen molar-refractivity contribution < 1.29 is 19.1 Å². The Labute approximate surface area is 145 Å². The van der Waals surface area contributed by atoms with E-state index in [9.17, 15) is 14.4 Å². The van der Waals surface area contributed by atoms with E-state index in [2.05, 4.69) is 0 Å². The van der Waals surface area contributed by atoms with Crippen LogP contribution in [0.3, 0.4) is 0 Å². The highest BCUT2D eigenvalue weighted by molar-refractivity contribution is 6.31. The lowest BCUT2D eigenvalue weighted by molar-refractivity contribution is -0.141. The number of fused-ring (bicyclic) bond motifs is 1. The van der Waals surface area contributed by atoms with Gasteiger partial charge in [0.1, 0.15) is 5.75 Å². The van der Waals surface area contributed by atoms with Gasteiger partial charge in [0, 0.05) is 11.6 Å². The zero-order valence-electron chi connectivity index (χ0n) is 13.6. The summed E-state index contributed by atoms with van der Waals surface area (Å²) in [6.07, 6.45) is 3.54. The summed E-state index contributed by atoms with van der Waals surface area (Å²) in [4.78, 5) is 37.9. The summed E-state index contributed by atoms with van der Waals surface area (Å²) in [5.74, 6) is -0.663. The number of ether oxygens (including phenoxy) is 1. The number of benzene rings is 1. The van der Waals surface area contributed by atoms with Crippen LogP contribution in [-0.2, 0) is 14.4 Å². The fourth-order valence-corrected chi connectivity index (χ4v) is 3.64. The number of halogens is 1. The molecule has 2 fully saturated rings. The average molecular weight is 350 g/mol. The van der Waals surface area contributed by atoms with E-state index in [1.165, 1.54) is 4.90 Å². The molecular weight excluding hydrogens is 330 g/mol. The maximum atomic E-state index is 12.3. The van der Waals surface area contributed by atoms with E-state index in [1.54, 1.807) is 18.2 Å². The molecule has 128 valence electrons. The van der Waals surface area contributed by atoms with Crippen LogP contribution in [0.2, 0.25) is 5.02 Å². The lowest BCUT2D eigenvalue weighted by Crippen LogP contribution is -2.33. The van der Waals surface area contributed by atoms with Gasteiger partial charge in [-0.3, -0.25) is 19.3 Å². The molecule has 1 heterocycles. The van der Waals surface area contributed by atoms with Crippen molar-refractivity contribution in [3.63, 3.8) is 0 Å². The Bertz CT molecular complexity index is 664. The summed E-state index contributed by atoms with van der Waals surface area (Å²) in [6, 6.07) is 4.96. The molecule has 5 nitrogen and oxygen atoms in total. The molecule has 1 aliphatic heterocycles. The third-order valence-electron chi connectivity index (χ3n) is 4.83. The molecule has 0 aromatic heterocycles. The highest BCUT2D eigenvalue weighted by atomic mass is 35.5. The van der Waals surface area contributed by atoms with Crippen molar-refractivity contribution in [3.8, 4) is 5.75 Å². The van der Waals surface area contributed by atoms with E-state index in [0.29, 0.717) is 10.8 Å². The van der Waals surface area contributed by atoms with E-state index in [0.717, 1.165) is 31.2 Å². The van der Waals surface area contributed by atoms with Gasteiger partial charge in [0.2, 0.25) is 11.8 Å². The molecule has 2 amide bonds. The van der Waals surface area contributed by atoms with Crippen LogP contribution in [0.15, 0.2) is 18.2 Å². The number of nitrogens with zero attached hydrogens (tertiary/aromatic N) is 1. The van der Waals surface area contributed by atoms with Gasteiger partial charge in [0.15, 0.2) is 0 Å². The van der Waals surface area contributed by atoms with Crippen LogP contribution in [-0.4, -0.2) is 29.2 Å². The van der Waals surface area contributed by atoms with Crippen LogP contribution in [0.5, 0.6) is 5.75 Å². The third-order valence-corrected chi connectivity index (χ3v) is 5.26. The number of esters is 1. The lowest BCUT2D eigenvalue weighted by Gasteiger charge is -2.19. The molecule has 1 aromatic rings. The number of rotatable bonds is 4. The van der Waals surface area contributed by atoms with Crippen molar-refractivity contribution in [1.29, 1.82) is 0 Å². The van der Waals surface area contributed by atoms with Crippen molar-refractivity contribution in [2.45, 2.75) is 39.0 Å². The molecule has 0 radical (unpaired) electrons. The van der Waals surface area contributed by atoms with Gasteiger partial charge in [0.05, 0.1) is 18.3 Å². The Balaban J connectivity index is 1.57. The molecule has 0 bridgehead atoms. The Hall–Kier alpha value is -1.88. The highest BCUT2D eigenvalue weighted by Gasteiger charge is 2.47. The standard InChI is InChI=1S/C18H20ClNO4/c1-11-10-12(6-7-15(11)19)24-16(21)8-9-20-17(22)13-4-2-3-5-14(13)18(20)23/h6-7,10,13-14H,2-5,8-9H2,1H3. The Kier molecular flexibility index (Phi) is 4.90. The number of hydrogen-bond donors (Lipinski definition) is 0. The molecule has 1 aliphatic carbocycles. The molecule has 2 atom stereocenters. The molecule has 1 aromatic carbocycles. The molecule has 0 N–H and O–H groups in total. The molecule has 1 saturated heterocycles. The van der Waals surface area contributed by atoms with Gasteiger partial charge >= 0.3 is 5.97 Å². The second-order valence-electron chi connectivity index (χ2n) is 6.46. The van der Waals surface area contributed by atoms with E-state index < -0.39 is 5.97 Å². The molecular formula is C18H20ClNO4. The van der Waals surface area contributed by atoms with Crippen LogP contribution < -0.4 is 4.74 Å². The first kappa shape index (κ1) is 17.0. The average Bonchev–Trinajstić information content (AvgIpc) is 2.81. The number of likely N-dealkylation sites (tertiary alicyclic amines) is 1. The van der Waals surface area contributed by atoms with Crippen LogP contribution in [0.25, 0.3) is 0 Å². The van der Waals surface area contributed by atoms with E-state index in [1.807, 2.05) is 6.92 Å². The number of imide groups is 1. The summed E-state index contributed by atoms with van der Waals surface area (Å²) >= 11 is 5.93. The zero-order chi connectivity index (χ0) is 17.3. The largest absolute Gasteiger partial charge is 0.426 e. The van der Waals surface area contributed by atoms with E-state index in [4.69, 9.17) is 16.3 Å². The molecule has 6 heteroatoms. The summed E-state index contributed by atoms with van der Waals surface area (Å²) in [7, 11) is 0. The highest BCUT2D eigenvalue weighted by Crippen LogP contribution is 2.38. The number of aryl methyl sites for hydroxylation is 1. The SMILES string of the molecule is Cc1cc(OC(=O)CCN2C(=O)C3CCCCC3C2=O)ccc1Cl. The molecule has 1 saturated carbocycles. The van der Waals surface area contributed by atoms with Crippen LogP contribution in [0.4, 0.5) is 0 Å². The normalized spacial score (nSPS) is 23.3. The smallest absolute Gasteiger partial charge is 0.312 e. The minimum atomic E-state index is -0.466. The fraction of sp³-hybridized carbons (Fsp3) is 0.500. The molecule has 0 spiro atoms. The van der Waals surface area contributed by atoms with Crippen LogP contribution in [0.1, 0.15) is 37.7 Å². The maximum absolute atomic E-state index is 12.3. The number of hydrogen-bond acceptors (Lipinski definition) is 4. The lowest BCUT2D eigenvalue weighted by atomic mass is 9.81. The Morgan fingerprint density at radius 3 is 2.42 bits per heavy atom. The van der Waals surface area contributed by atoms with Gasteiger partial charge in [-0.05, 0) is 43.5 Å². The number of carbonyl (C=O) groups excluding carboxylic acids is 3. The molecule has 2 unspecified atom stereocenters. The number of carbonyl (C=O) groups is 3. The van der Waals surface area contributed by atoms with Crippen molar-refractivity contribution in [2.24, 2.45) is 11.8 Å². The topological polar surface area (TPSA) is 63.7 Å². The van der Waals surface area contributed by atoms with Gasteiger partial charge in [-0.25, -0.2) is 0 Å². The van der Waals surface area contributed by atoms with Crippen molar-refractivity contribution >= 4 is 29.4 Å². The van der Waals surface area contributed by atoms with Crippen molar-refractivity contribution in [1.82, 2.24) is 4.90 Å². The zero-order valence-corrected chi connectivity index (χ0v) is 14.3. The number of amides is 2. The summed E-state index contributed by atoms with van der Waals surface area (Å²) in [5, 5.41) is 0.602. The first-order valence-corrected chi connectivity index (χ1v) is 8.67. The van der Waals surface area contributed by atoms with Gasteiger partial charge < -0.3 is 4.74 Å². The van der Waals surface area contributed by atoms with E-state index in [-0.39, 0.29) is 36.6 Å². The quantitative estimate of drug-likeness (QED) is 0.476. The summed E-state index contributed by atoms with van der Waals surface area (Å²) in [6.45, 7) is 1.92. The molecule has 2 aliphatic rings. The first-order valence-electron chi connectivity index (χ1n) is 8.29.